The summed E-state index contributed by atoms with van der Waals surface area (Å²) in [6, 6.07) is 7.23. The van der Waals surface area contributed by atoms with Crippen LogP contribution < -0.4 is 20.7 Å². The maximum atomic E-state index is 9.97. The molecule has 6 rings (SSSR count). The average Bonchev–Trinajstić information content (AvgIpc) is 3.06. The number of piperidine rings is 1. The molecule has 0 spiro atoms. The Hall–Kier alpha value is -2.84. The van der Waals surface area contributed by atoms with E-state index in [1.54, 1.807) is 30.8 Å². The van der Waals surface area contributed by atoms with Gasteiger partial charge in [0.05, 0.1) is 29.2 Å². The molecule has 152 valence electrons. The summed E-state index contributed by atoms with van der Waals surface area (Å²) in [5.41, 5.74) is 8.51. The van der Waals surface area contributed by atoms with Crippen molar-refractivity contribution in [1.82, 2.24) is 19.9 Å². The molecule has 0 radical (unpaired) electrons. The van der Waals surface area contributed by atoms with Crippen LogP contribution in [0.5, 0.6) is 5.75 Å². The van der Waals surface area contributed by atoms with Gasteiger partial charge in [-0.05, 0) is 38.5 Å². The minimum absolute atomic E-state index is 0.178. The molecule has 8 heteroatoms. The Labute approximate surface area is 169 Å². The molecular formula is C21H26N6O2. The quantitative estimate of drug-likeness (QED) is 0.605. The third-order valence-electron chi connectivity index (χ3n) is 5.51. The second-order valence-corrected chi connectivity index (χ2v) is 8.69. The van der Waals surface area contributed by atoms with Gasteiger partial charge in [-0.1, -0.05) is 0 Å². The van der Waals surface area contributed by atoms with Crippen LogP contribution in [0.4, 0.5) is 11.5 Å². The highest BCUT2D eigenvalue weighted by atomic mass is 16.5. The van der Waals surface area contributed by atoms with Gasteiger partial charge in [0.2, 0.25) is 0 Å². The number of hydrogen-bond acceptors (Lipinski definition) is 7. The van der Waals surface area contributed by atoms with Crippen molar-refractivity contribution in [2.75, 3.05) is 30.3 Å². The van der Waals surface area contributed by atoms with E-state index < -0.39 is 5.60 Å². The number of fused-ring (bicyclic) bond motifs is 3. The summed E-state index contributed by atoms with van der Waals surface area (Å²) in [7, 11) is 0. The zero-order chi connectivity index (χ0) is 20.2. The Kier molecular flexibility index (Phi) is 4.15. The van der Waals surface area contributed by atoms with E-state index in [0.29, 0.717) is 23.5 Å². The normalized spacial score (nSPS) is 21.3. The molecule has 3 fully saturated rings. The molecule has 29 heavy (non-hydrogen) atoms. The van der Waals surface area contributed by atoms with E-state index in [9.17, 15) is 5.11 Å². The summed E-state index contributed by atoms with van der Waals surface area (Å²) >= 11 is 0. The monoisotopic (exact) mass is 394 g/mol. The molecule has 3 aromatic rings. The largest absolute Gasteiger partial charge is 0.489 e. The van der Waals surface area contributed by atoms with Gasteiger partial charge in [-0.25, -0.2) is 9.50 Å². The molecule has 8 nitrogen and oxygen atoms in total. The lowest BCUT2D eigenvalue weighted by Gasteiger charge is -2.48. The lowest BCUT2D eigenvalue weighted by molar-refractivity contribution is 0.0283. The van der Waals surface area contributed by atoms with Crippen molar-refractivity contribution in [2.24, 2.45) is 0 Å². The predicted octanol–water partition coefficient (Wildman–Crippen LogP) is 1.68. The zero-order valence-electron chi connectivity index (χ0n) is 16.7. The van der Waals surface area contributed by atoms with E-state index in [0.717, 1.165) is 35.6 Å². The number of nitrogens with two attached hydrogens (primary N) is 1. The van der Waals surface area contributed by atoms with E-state index in [4.69, 9.17) is 15.5 Å². The second kappa shape index (κ2) is 6.60. The molecule has 3 saturated heterocycles. The van der Waals surface area contributed by atoms with E-state index in [-0.39, 0.29) is 6.61 Å². The third kappa shape index (κ3) is 3.49. The highest BCUT2D eigenvalue weighted by Crippen LogP contribution is 2.33. The molecule has 3 aliphatic heterocycles. The fraction of sp³-hybridized carbons (Fsp3) is 0.429. The molecule has 0 amide bonds. The summed E-state index contributed by atoms with van der Waals surface area (Å²) in [5, 5.41) is 17.8. The minimum atomic E-state index is -0.925. The van der Waals surface area contributed by atoms with Gasteiger partial charge >= 0.3 is 0 Å². The maximum absolute atomic E-state index is 9.97. The molecular weight excluding hydrogens is 368 g/mol. The number of piperazine rings is 1. The van der Waals surface area contributed by atoms with Crippen molar-refractivity contribution < 1.29 is 9.84 Å². The molecule has 0 aliphatic carbocycles. The SMILES string of the molecule is CC(C)(O)COc1cc(-c2ccc(N3CC4CC(C3)N4)nc2)c2c(N)cnn2c1. The minimum Gasteiger partial charge on any atom is -0.489 e. The molecule has 3 aliphatic rings. The van der Waals surface area contributed by atoms with Crippen LogP contribution in [-0.4, -0.2) is 57.1 Å². The summed E-state index contributed by atoms with van der Waals surface area (Å²) in [5.74, 6) is 1.61. The van der Waals surface area contributed by atoms with Crippen molar-refractivity contribution in [3.63, 3.8) is 0 Å². The van der Waals surface area contributed by atoms with Crippen LogP contribution >= 0.6 is 0 Å². The molecule has 2 unspecified atom stereocenters. The standard InChI is InChI=1S/C21H26N6O2/c1-21(2,28)12-29-16-6-17(20-18(22)8-24-27(20)11-16)13-3-4-19(23-7-13)26-9-14-5-15(10-26)25-14/h3-4,6-8,11,14-15,25,28H,5,9-10,12,22H2,1-2H3. The van der Waals surface area contributed by atoms with E-state index >= 15 is 0 Å². The van der Waals surface area contributed by atoms with Gasteiger partial charge in [0.15, 0.2) is 0 Å². The average molecular weight is 394 g/mol. The molecule has 6 heterocycles. The molecule has 0 aromatic carbocycles. The number of ether oxygens (including phenoxy) is 1. The van der Waals surface area contributed by atoms with E-state index in [1.807, 2.05) is 12.3 Å². The lowest BCUT2D eigenvalue weighted by atomic mass is 9.91. The molecule has 2 bridgehead atoms. The fourth-order valence-electron chi connectivity index (χ4n) is 4.11. The summed E-state index contributed by atoms with van der Waals surface area (Å²) in [6.45, 7) is 5.60. The van der Waals surface area contributed by atoms with Crippen molar-refractivity contribution in [3.8, 4) is 16.9 Å². The Balaban J connectivity index is 1.47. The number of rotatable bonds is 5. The van der Waals surface area contributed by atoms with Gasteiger partial charge in [-0.15, -0.1) is 0 Å². The van der Waals surface area contributed by atoms with Crippen LogP contribution in [0.15, 0.2) is 36.8 Å². The van der Waals surface area contributed by atoms with Crippen LogP contribution in [0.3, 0.4) is 0 Å². The van der Waals surface area contributed by atoms with Crippen LogP contribution in [-0.2, 0) is 0 Å². The first-order chi connectivity index (χ1) is 13.9. The Bertz CT molecular complexity index is 1020. The second-order valence-electron chi connectivity index (χ2n) is 8.69. The summed E-state index contributed by atoms with van der Waals surface area (Å²) in [6.07, 6.45) is 6.55. The van der Waals surface area contributed by atoms with Gasteiger partial charge in [0, 0.05) is 42.5 Å². The zero-order valence-corrected chi connectivity index (χ0v) is 16.7. The Morgan fingerprint density at radius 1 is 1.28 bits per heavy atom. The van der Waals surface area contributed by atoms with Gasteiger partial charge < -0.3 is 25.8 Å². The van der Waals surface area contributed by atoms with Crippen molar-refractivity contribution in [1.29, 1.82) is 0 Å². The first-order valence-electron chi connectivity index (χ1n) is 9.95. The number of nitrogens with one attached hydrogen (secondary N) is 1. The lowest BCUT2D eigenvalue weighted by Crippen LogP contribution is -2.67. The van der Waals surface area contributed by atoms with Crippen molar-refractivity contribution in [3.05, 3.63) is 36.8 Å². The number of nitrogens with zero attached hydrogens (tertiary/aromatic N) is 4. The maximum Gasteiger partial charge on any atom is 0.138 e. The van der Waals surface area contributed by atoms with Crippen LogP contribution in [0.25, 0.3) is 16.6 Å². The number of aromatic nitrogens is 3. The summed E-state index contributed by atoms with van der Waals surface area (Å²) in [4.78, 5) is 7.05. The number of aliphatic hydroxyl groups is 1. The van der Waals surface area contributed by atoms with Crippen LogP contribution in [0.1, 0.15) is 20.3 Å². The summed E-state index contributed by atoms with van der Waals surface area (Å²) < 4.78 is 7.51. The Morgan fingerprint density at radius 3 is 2.69 bits per heavy atom. The number of hydrogen-bond donors (Lipinski definition) is 3. The van der Waals surface area contributed by atoms with Gasteiger partial charge in [0.25, 0.3) is 0 Å². The molecule has 4 N–H and O–H groups in total. The molecule has 2 atom stereocenters. The smallest absolute Gasteiger partial charge is 0.138 e. The van der Waals surface area contributed by atoms with Gasteiger partial charge in [0.1, 0.15) is 18.2 Å². The predicted molar refractivity (Wildman–Crippen MR) is 112 cm³/mol. The van der Waals surface area contributed by atoms with Crippen LogP contribution in [0.2, 0.25) is 0 Å². The third-order valence-corrected chi connectivity index (χ3v) is 5.51. The van der Waals surface area contributed by atoms with E-state index in [2.05, 4.69) is 27.4 Å². The van der Waals surface area contributed by atoms with Gasteiger partial charge in [-0.3, -0.25) is 0 Å². The number of nitrogen functional groups attached to an aromatic ring is 1. The first-order valence-corrected chi connectivity index (χ1v) is 9.95. The van der Waals surface area contributed by atoms with Gasteiger partial charge in [-0.2, -0.15) is 5.10 Å². The molecule has 3 aromatic heterocycles. The van der Waals surface area contributed by atoms with Crippen molar-refractivity contribution >= 4 is 17.0 Å². The fourth-order valence-corrected chi connectivity index (χ4v) is 4.11. The van der Waals surface area contributed by atoms with Crippen molar-refractivity contribution in [2.45, 2.75) is 38.0 Å². The van der Waals surface area contributed by atoms with E-state index in [1.165, 1.54) is 6.42 Å². The highest BCUT2D eigenvalue weighted by molar-refractivity contribution is 5.89. The topological polar surface area (TPSA) is 101 Å². The number of anilines is 2. The first kappa shape index (κ1) is 18.2. The Morgan fingerprint density at radius 2 is 2.03 bits per heavy atom. The highest BCUT2D eigenvalue weighted by Gasteiger charge is 2.36. The molecule has 0 saturated carbocycles. The van der Waals surface area contributed by atoms with Crippen LogP contribution in [0, 0.1) is 0 Å². The number of pyridine rings is 2.